The van der Waals surface area contributed by atoms with E-state index in [9.17, 15) is 21.6 Å². The third kappa shape index (κ3) is 4.63. The maximum atomic E-state index is 13.2. The van der Waals surface area contributed by atoms with Crippen molar-refractivity contribution in [3.63, 3.8) is 0 Å². The van der Waals surface area contributed by atoms with E-state index in [2.05, 4.69) is 15.5 Å². The third-order valence-corrected chi connectivity index (χ3v) is 8.57. The third-order valence-electron chi connectivity index (χ3n) is 6.73. The molecule has 12 heteroatoms. The van der Waals surface area contributed by atoms with Gasteiger partial charge in [0.25, 0.3) is 0 Å². The number of hydrazine groups is 1. The van der Waals surface area contributed by atoms with E-state index in [1.807, 2.05) is 18.0 Å². The van der Waals surface area contributed by atoms with Crippen molar-refractivity contribution in [1.82, 2.24) is 15.6 Å². The Bertz CT molecular complexity index is 935. The quantitative estimate of drug-likeness (QED) is 0.600. The molecule has 3 aliphatic heterocycles. The second kappa shape index (κ2) is 8.88. The van der Waals surface area contributed by atoms with E-state index in [1.54, 1.807) is 11.1 Å². The molecular weight excluding hydrogens is 447 g/mol. The molecule has 3 aliphatic rings. The van der Waals surface area contributed by atoms with Gasteiger partial charge in [0.05, 0.1) is 30.1 Å². The Kier molecular flexibility index (Phi) is 6.49. The van der Waals surface area contributed by atoms with E-state index < -0.39 is 27.4 Å². The molecule has 0 spiro atoms. The number of fused-ring (bicyclic) bond motifs is 1. The smallest absolute Gasteiger partial charge is 0.391 e. The molecule has 0 saturated carbocycles. The fourth-order valence-electron chi connectivity index (χ4n) is 4.89. The van der Waals surface area contributed by atoms with E-state index in [4.69, 9.17) is 4.74 Å². The minimum Gasteiger partial charge on any atom is -0.494 e. The maximum absolute atomic E-state index is 13.2. The van der Waals surface area contributed by atoms with Crippen LogP contribution in [0.5, 0.6) is 5.75 Å². The van der Waals surface area contributed by atoms with E-state index in [0.29, 0.717) is 50.5 Å². The zero-order valence-electron chi connectivity index (χ0n) is 18.2. The van der Waals surface area contributed by atoms with Gasteiger partial charge >= 0.3 is 6.18 Å². The highest BCUT2D eigenvalue weighted by atomic mass is 32.2. The van der Waals surface area contributed by atoms with E-state index in [-0.39, 0.29) is 19.0 Å². The van der Waals surface area contributed by atoms with Crippen LogP contribution in [0.3, 0.4) is 0 Å². The van der Waals surface area contributed by atoms with E-state index >= 15 is 0 Å². The molecule has 2 unspecified atom stereocenters. The lowest BCUT2D eigenvalue weighted by molar-refractivity contribution is -0.187. The minimum atomic E-state index is -4.19. The van der Waals surface area contributed by atoms with Crippen LogP contribution < -0.4 is 25.2 Å². The highest BCUT2D eigenvalue weighted by Crippen LogP contribution is 2.41. The molecule has 0 aromatic heterocycles. The van der Waals surface area contributed by atoms with Gasteiger partial charge in [-0.2, -0.15) is 13.2 Å². The highest BCUT2D eigenvalue weighted by Gasteiger charge is 2.44. The molecule has 0 aliphatic carbocycles. The molecule has 3 heterocycles. The number of hydrogen-bond donors (Lipinski definition) is 3. The number of piperidine rings is 2. The van der Waals surface area contributed by atoms with Gasteiger partial charge in [-0.3, -0.25) is 9.62 Å². The van der Waals surface area contributed by atoms with Crippen LogP contribution in [0.15, 0.2) is 12.1 Å². The Hall–Kier alpha value is -1.76. The molecule has 8 nitrogen and oxygen atoms in total. The second-order valence-electron chi connectivity index (χ2n) is 8.66. The Balaban J connectivity index is 1.43. The van der Waals surface area contributed by atoms with Gasteiger partial charge in [-0.05, 0) is 43.9 Å². The molecule has 1 aromatic carbocycles. The largest absolute Gasteiger partial charge is 0.494 e. The first kappa shape index (κ1) is 23.4. The summed E-state index contributed by atoms with van der Waals surface area (Å²) in [6.07, 6.45) is -3.76. The second-order valence-corrected chi connectivity index (χ2v) is 10.6. The predicted molar refractivity (Wildman–Crippen MR) is 116 cm³/mol. The van der Waals surface area contributed by atoms with Crippen molar-refractivity contribution >= 4 is 21.4 Å². The molecule has 180 valence electrons. The summed E-state index contributed by atoms with van der Waals surface area (Å²) in [5.41, 5.74) is 5.24. The van der Waals surface area contributed by atoms with Gasteiger partial charge in [-0.15, -0.1) is 0 Å². The lowest BCUT2D eigenvalue weighted by Gasteiger charge is -2.41. The summed E-state index contributed by atoms with van der Waals surface area (Å²) < 4.78 is 74.0. The number of anilines is 2. The Morgan fingerprint density at radius 3 is 2.56 bits per heavy atom. The first-order chi connectivity index (χ1) is 15.1. The van der Waals surface area contributed by atoms with Gasteiger partial charge in [-0.1, -0.05) is 6.07 Å². The molecule has 0 amide bonds. The van der Waals surface area contributed by atoms with Crippen molar-refractivity contribution in [2.75, 3.05) is 43.5 Å². The van der Waals surface area contributed by atoms with Gasteiger partial charge in [-0.25, -0.2) is 13.8 Å². The van der Waals surface area contributed by atoms with Crippen LogP contribution in [0.2, 0.25) is 0 Å². The molecular formula is C20H30F3N5O3S. The van der Waals surface area contributed by atoms with Crippen molar-refractivity contribution in [3.8, 4) is 5.75 Å². The zero-order valence-corrected chi connectivity index (χ0v) is 19.0. The van der Waals surface area contributed by atoms with Gasteiger partial charge in [0.15, 0.2) is 0 Å². The van der Waals surface area contributed by atoms with Gasteiger partial charge in [0.1, 0.15) is 11.4 Å². The SMILES string of the molecule is COc1ccc2c(c1NS(=O)(=O)C1CCN(C3CC(C(F)(F)F)CCN3)CC1)N(C)NC2. The monoisotopic (exact) mass is 477 g/mol. The predicted octanol–water partition coefficient (Wildman–Crippen LogP) is 2.24. The molecule has 2 saturated heterocycles. The standard InChI is InChI=1S/C20H30F3N5O3S/c1-27-19-13(12-25-27)3-4-16(31-2)18(19)26-32(29,30)15-6-9-28(10-7-15)17-11-14(5-8-24-17)20(21,22)23/h3-4,14-15,17,24-26H,5-12H2,1-2H3. The van der Waals surface area contributed by atoms with Crippen molar-refractivity contribution in [2.45, 2.75) is 49.8 Å². The Labute approximate surface area is 186 Å². The first-order valence-corrected chi connectivity index (χ1v) is 12.4. The fourth-order valence-corrected chi connectivity index (χ4v) is 6.37. The van der Waals surface area contributed by atoms with Gasteiger partial charge in [0.2, 0.25) is 10.0 Å². The number of rotatable bonds is 5. The molecule has 3 N–H and O–H groups in total. The zero-order chi connectivity index (χ0) is 23.1. The van der Waals surface area contributed by atoms with Gasteiger partial charge in [0, 0.05) is 26.7 Å². The number of methoxy groups -OCH3 is 1. The van der Waals surface area contributed by atoms with Gasteiger partial charge < -0.3 is 15.1 Å². The number of sulfonamides is 1. The molecule has 1 aromatic rings. The summed E-state index contributed by atoms with van der Waals surface area (Å²) in [5.74, 6) is -0.875. The average molecular weight is 478 g/mol. The van der Waals surface area contributed by atoms with Crippen LogP contribution in [0.1, 0.15) is 31.2 Å². The molecule has 4 rings (SSSR count). The number of nitrogens with zero attached hydrogens (tertiary/aromatic N) is 2. The van der Waals surface area contributed by atoms with E-state index in [0.717, 1.165) is 11.3 Å². The summed E-state index contributed by atoms with van der Waals surface area (Å²) in [5, 5.41) is 4.31. The Morgan fingerprint density at radius 1 is 1.19 bits per heavy atom. The number of nitrogens with one attached hydrogen (secondary N) is 3. The van der Waals surface area contributed by atoms with Crippen molar-refractivity contribution in [1.29, 1.82) is 0 Å². The molecule has 2 fully saturated rings. The highest BCUT2D eigenvalue weighted by molar-refractivity contribution is 7.93. The number of ether oxygens (including phenoxy) is 1. The van der Waals surface area contributed by atoms with Crippen LogP contribution >= 0.6 is 0 Å². The number of benzene rings is 1. The topological polar surface area (TPSA) is 85.9 Å². The summed E-state index contributed by atoms with van der Waals surface area (Å²) in [6, 6.07) is 3.64. The fraction of sp³-hybridized carbons (Fsp3) is 0.700. The van der Waals surface area contributed by atoms with Crippen LogP contribution in [0, 0.1) is 5.92 Å². The average Bonchev–Trinajstić information content (AvgIpc) is 3.14. The maximum Gasteiger partial charge on any atom is 0.391 e. The normalized spacial score (nSPS) is 25.6. The first-order valence-electron chi connectivity index (χ1n) is 10.8. The minimum absolute atomic E-state index is 0.00581. The summed E-state index contributed by atoms with van der Waals surface area (Å²) >= 11 is 0. The molecule has 0 bridgehead atoms. The lowest BCUT2D eigenvalue weighted by atomic mass is 9.94. The van der Waals surface area contributed by atoms with Crippen LogP contribution in [0.25, 0.3) is 0 Å². The number of halogens is 3. The van der Waals surface area contributed by atoms with Crippen LogP contribution in [-0.2, 0) is 16.6 Å². The summed E-state index contributed by atoms with van der Waals surface area (Å²) in [7, 11) is -0.409. The van der Waals surface area contributed by atoms with Crippen LogP contribution in [0.4, 0.5) is 24.5 Å². The summed E-state index contributed by atoms with van der Waals surface area (Å²) in [6.45, 7) is 1.77. The molecule has 2 atom stereocenters. The number of likely N-dealkylation sites (tertiary alicyclic amines) is 1. The number of hydrogen-bond acceptors (Lipinski definition) is 7. The molecule has 32 heavy (non-hydrogen) atoms. The van der Waals surface area contributed by atoms with E-state index in [1.165, 1.54) is 7.11 Å². The van der Waals surface area contributed by atoms with Crippen molar-refractivity contribution < 1.29 is 26.3 Å². The Morgan fingerprint density at radius 2 is 1.91 bits per heavy atom. The summed E-state index contributed by atoms with van der Waals surface area (Å²) in [4.78, 5) is 1.95. The van der Waals surface area contributed by atoms with Crippen molar-refractivity contribution in [2.24, 2.45) is 5.92 Å². The lowest BCUT2D eigenvalue weighted by Crippen LogP contribution is -2.55. The number of alkyl halides is 3. The van der Waals surface area contributed by atoms with Crippen LogP contribution in [-0.4, -0.2) is 64.7 Å². The molecule has 0 radical (unpaired) electrons. The van der Waals surface area contributed by atoms with Crippen molar-refractivity contribution in [3.05, 3.63) is 17.7 Å².